The van der Waals surface area contributed by atoms with Gasteiger partial charge in [-0.1, -0.05) is 60.7 Å². The van der Waals surface area contributed by atoms with Crippen molar-refractivity contribution >= 4 is 17.9 Å². The normalized spacial score (nSPS) is 26.9. The van der Waals surface area contributed by atoms with Crippen LogP contribution in [0.1, 0.15) is 30.9 Å². The van der Waals surface area contributed by atoms with Gasteiger partial charge < -0.3 is 33.2 Å². The average molecular weight is 529 g/mol. The van der Waals surface area contributed by atoms with Gasteiger partial charge in [0.05, 0.1) is 26.9 Å². The van der Waals surface area contributed by atoms with Gasteiger partial charge >= 0.3 is 17.9 Å². The SMILES string of the molecule is COC(=O)C1OC(OCC2CCC(=O)O2)C(OC(C)=O)C(OCc2ccccc2)C1OCc1ccccc1. The van der Waals surface area contributed by atoms with E-state index in [9.17, 15) is 14.4 Å². The molecule has 0 saturated carbocycles. The Labute approximate surface area is 221 Å². The first-order chi connectivity index (χ1) is 18.4. The fourth-order valence-electron chi connectivity index (χ4n) is 4.38. The Morgan fingerprint density at radius 3 is 2.00 bits per heavy atom. The zero-order valence-corrected chi connectivity index (χ0v) is 21.4. The first-order valence-electron chi connectivity index (χ1n) is 12.5. The van der Waals surface area contributed by atoms with E-state index in [1.807, 2.05) is 60.7 Å². The van der Waals surface area contributed by atoms with Gasteiger partial charge in [-0.15, -0.1) is 0 Å². The summed E-state index contributed by atoms with van der Waals surface area (Å²) < 4.78 is 40.3. The number of methoxy groups -OCH3 is 1. The standard InChI is InChI=1S/C28H32O10/c1-18(29)36-26-24(34-16-20-11-7-4-8-12-20)23(33-15-19-9-5-3-6-10-19)25(27(31)32-2)38-28(26)35-17-21-13-14-22(30)37-21/h3-12,21,23-26,28H,13-17H2,1-2H3. The van der Waals surface area contributed by atoms with Crippen molar-refractivity contribution in [3.05, 3.63) is 71.8 Å². The molecule has 10 nitrogen and oxygen atoms in total. The van der Waals surface area contributed by atoms with Crippen LogP contribution in [0.3, 0.4) is 0 Å². The Hall–Kier alpha value is -3.31. The van der Waals surface area contributed by atoms with Gasteiger partial charge in [0, 0.05) is 13.3 Å². The third kappa shape index (κ3) is 7.38. The highest BCUT2D eigenvalue weighted by atomic mass is 16.7. The maximum atomic E-state index is 12.9. The number of esters is 3. The lowest BCUT2D eigenvalue weighted by Crippen LogP contribution is -2.63. The van der Waals surface area contributed by atoms with Crippen LogP contribution < -0.4 is 0 Å². The minimum atomic E-state index is -1.24. The Kier molecular flexibility index (Phi) is 9.83. The summed E-state index contributed by atoms with van der Waals surface area (Å²) >= 11 is 0. The molecule has 10 heteroatoms. The largest absolute Gasteiger partial charge is 0.467 e. The number of cyclic esters (lactones) is 1. The molecule has 0 spiro atoms. The molecule has 2 aliphatic rings. The maximum absolute atomic E-state index is 12.9. The van der Waals surface area contributed by atoms with Crippen LogP contribution in [-0.4, -0.2) is 68.4 Å². The lowest BCUT2D eigenvalue weighted by molar-refractivity contribution is -0.314. The molecule has 6 atom stereocenters. The second-order valence-corrected chi connectivity index (χ2v) is 9.03. The molecule has 0 radical (unpaired) electrons. The molecular weight excluding hydrogens is 496 g/mol. The van der Waals surface area contributed by atoms with E-state index < -0.39 is 48.7 Å². The van der Waals surface area contributed by atoms with Crippen LogP contribution in [0.5, 0.6) is 0 Å². The second kappa shape index (κ2) is 13.5. The number of rotatable bonds is 11. The third-order valence-corrected chi connectivity index (χ3v) is 6.22. The molecule has 0 aromatic heterocycles. The summed E-state index contributed by atoms with van der Waals surface area (Å²) in [6.07, 6.45) is -5.20. The molecule has 0 bridgehead atoms. The maximum Gasteiger partial charge on any atom is 0.337 e. The first kappa shape index (κ1) is 27.7. The predicted octanol–water partition coefficient (Wildman–Crippen LogP) is 2.71. The van der Waals surface area contributed by atoms with Gasteiger partial charge in [-0.2, -0.15) is 0 Å². The lowest BCUT2D eigenvalue weighted by Gasteiger charge is -2.44. The molecule has 2 aromatic rings. The molecule has 2 aromatic carbocycles. The molecular formula is C28H32O10. The second-order valence-electron chi connectivity index (χ2n) is 9.03. The molecule has 2 fully saturated rings. The highest BCUT2D eigenvalue weighted by Gasteiger charge is 2.53. The van der Waals surface area contributed by atoms with Crippen molar-refractivity contribution in [2.75, 3.05) is 13.7 Å². The monoisotopic (exact) mass is 528 g/mol. The first-order valence-corrected chi connectivity index (χ1v) is 12.5. The van der Waals surface area contributed by atoms with Crippen LogP contribution in [0.4, 0.5) is 0 Å². The molecule has 2 saturated heterocycles. The van der Waals surface area contributed by atoms with Crippen molar-refractivity contribution in [2.24, 2.45) is 0 Å². The summed E-state index contributed by atoms with van der Waals surface area (Å²) in [5, 5.41) is 0. The Morgan fingerprint density at radius 1 is 0.868 bits per heavy atom. The molecule has 4 rings (SSSR count). The quantitative estimate of drug-likeness (QED) is 0.318. The van der Waals surface area contributed by atoms with E-state index >= 15 is 0 Å². The summed E-state index contributed by atoms with van der Waals surface area (Å²) in [5.41, 5.74) is 1.73. The summed E-state index contributed by atoms with van der Waals surface area (Å²) in [4.78, 5) is 36.5. The zero-order chi connectivity index (χ0) is 26.9. The Bertz CT molecular complexity index is 1060. The highest BCUT2D eigenvalue weighted by Crippen LogP contribution is 2.32. The van der Waals surface area contributed by atoms with Crippen molar-refractivity contribution in [1.82, 2.24) is 0 Å². The van der Waals surface area contributed by atoms with E-state index in [1.165, 1.54) is 14.0 Å². The van der Waals surface area contributed by atoms with Crippen LogP contribution in [-0.2, 0) is 60.8 Å². The minimum absolute atomic E-state index is 0.0109. The summed E-state index contributed by atoms with van der Waals surface area (Å²) in [6.45, 7) is 1.54. The summed E-state index contributed by atoms with van der Waals surface area (Å²) in [6, 6.07) is 18.8. The Balaban J connectivity index is 1.61. The Morgan fingerprint density at radius 2 is 1.47 bits per heavy atom. The average Bonchev–Trinajstić information content (AvgIpc) is 3.35. The van der Waals surface area contributed by atoms with Gasteiger partial charge in [0.15, 0.2) is 18.5 Å². The number of ether oxygens (including phenoxy) is 7. The van der Waals surface area contributed by atoms with Gasteiger partial charge in [-0.05, 0) is 17.5 Å². The number of benzene rings is 2. The summed E-state index contributed by atoms with van der Waals surface area (Å²) in [5.74, 6) is -1.60. The van der Waals surface area contributed by atoms with Crippen LogP contribution in [0.15, 0.2) is 60.7 Å². The van der Waals surface area contributed by atoms with E-state index in [1.54, 1.807) is 0 Å². The number of carbonyl (C=O) groups is 3. The van der Waals surface area contributed by atoms with Crippen LogP contribution in [0.25, 0.3) is 0 Å². The smallest absolute Gasteiger partial charge is 0.337 e. The van der Waals surface area contributed by atoms with Crippen molar-refractivity contribution in [1.29, 1.82) is 0 Å². The van der Waals surface area contributed by atoms with Crippen LogP contribution in [0.2, 0.25) is 0 Å². The van der Waals surface area contributed by atoms with Gasteiger partial charge in [-0.3, -0.25) is 9.59 Å². The summed E-state index contributed by atoms with van der Waals surface area (Å²) in [7, 11) is 1.24. The minimum Gasteiger partial charge on any atom is -0.467 e. The van der Waals surface area contributed by atoms with Crippen molar-refractivity contribution in [2.45, 2.75) is 69.8 Å². The molecule has 2 heterocycles. The zero-order valence-electron chi connectivity index (χ0n) is 21.4. The van der Waals surface area contributed by atoms with Gasteiger partial charge in [0.25, 0.3) is 0 Å². The van der Waals surface area contributed by atoms with Gasteiger partial charge in [-0.25, -0.2) is 4.79 Å². The van der Waals surface area contributed by atoms with Gasteiger partial charge in [0.1, 0.15) is 18.3 Å². The lowest BCUT2D eigenvalue weighted by atomic mass is 9.97. The van der Waals surface area contributed by atoms with E-state index in [4.69, 9.17) is 33.2 Å². The van der Waals surface area contributed by atoms with Gasteiger partial charge in [0.2, 0.25) is 0 Å². The van der Waals surface area contributed by atoms with Crippen LogP contribution >= 0.6 is 0 Å². The van der Waals surface area contributed by atoms with E-state index in [-0.39, 0.29) is 32.2 Å². The number of carbonyl (C=O) groups excluding carboxylic acids is 3. The van der Waals surface area contributed by atoms with E-state index in [0.29, 0.717) is 6.42 Å². The van der Waals surface area contributed by atoms with Crippen molar-refractivity contribution in [3.8, 4) is 0 Å². The van der Waals surface area contributed by atoms with Crippen molar-refractivity contribution in [3.63, 3.8) is 0 Å². The third-order valence-electron chi connectivity index (χ3n) is 6.22. The molecule has 0 aliphatic carbocycles. The number of hydrogen-bond donors (Lipinski definition) is 0. The fourth-order valence-corrected chi connectivity index (χ4v) is 4.38. The van der Waals surface area contributed by atoms with E-state index in [0.717, 1.165) is 11.1 Å². The molecule has 0 amide bonds. The highest BCUT2D eigenvalue weighted by molar-refractivity contribution is 5.76. The fraction of sp³-hybridized carbons (Fsp3) is 0.464. The molecule has 204 valence electrons. The van der Waals surface area contributed by atoms with Crippen molar-refractivity contribution < 1.29 is 47.5 Å². The molecule has 0 N–H and O–H groups in total. The molecule has 2 aliphatic heterocycles. The topological polar surface area (TPSA) is 116 Å². The number of hydrogen-bond acceptors (Lipinski definition) is 10. The molecule has 38 heavy (non-hydrogen) atoms. The van der Waals surface area contributed by atoms with Crippen LogP contribution in [0, 0.1) is 0 Å². The molecule has 6 unspecified atom stereocenters. The predicted molar refractivity (Wildman–Crippen MR) is 131 cm³/mol. The van der Waals surface area contributed by atoms with E-state index in [2.05, 4.69) is 0 Å².